The van der Waals surface area contributed by atoms with Crippen molar-refractivity contribution in [1.29, 1.82) is 0 Å². The van der Waals surface area contributed by atoms with Crippen LogP contribution in [0.3, 0.4) is 0 Å². The normalized spacial score (nSPS) is 28.9. The van der Waals surface area contributed by atoms with Crippen molar-refractivity contribution >= 4 is 11.0 Å². The highest BCUT2D eigenvalue weighted by Crippen LogP contribution is 2.41. The monoisotopic (exact) mass is 269 g/mol. The van der Waals surface area contributed by atoms with Crippen LogP contribution in [0, 0.1) is 6.92 Å². The van der Waals surface area contributed by atoms with E-state index >= 15 is 0 Å². The lowest BCUT2D eigenvalue weighted by atomic mass is 9.88. The van der Waals surface area contributed by atoms with Crippen molar-refractivity contribution < 1.29 is 0 Å². The standard InChI is InChI=1S/C17H23N3/c1-10(2)20-16-7-4-11(3)8-15(16)19-17(20)13-9-12-5-6-14(13)18-12/h4,7-8,10,12-14,18H,5-6,9H2,1-3H3. The Balaban J connectivity index is 1.87. The van der Waals surface area contributed by atoms with Crippen LogP contribution in [0.2, 0.25) is 0 Å². The SMILES string of the molecule is Cc1ccc2c(c1)nc(C1CC3CCC1N3)n2C(C)C. The molecule has 3 unspecified atom stereocenters. The molecule has 1 N–H and O–H groups in total. The summed E-state index contributed by atoms with van der Waals surface area (Å²) in [6.07, 6.45) is 3.93. The van der Waals surface area contributed by atoms with Gasteiger partial charge in [-0.1, -0.05) is 6.07 Å². The fraction of sp³-hybridized carbons (Fsp3) is 0.588. The summed E-state index contributed by atoms with van der Waals surface area (Å²) in [4.78, 5) is 5.02. The maximum atomic E-state index is 5.02. The van der Waals surface area contributed by atoms with Crippen molar-refractivity contribution in [2.24, 2.45) is 0 Å². The minimum atomic E-state index is 0.469. The number of nitrogens with one attached hydrogen (secondary N) is 1. The molecule has 0 amide bonds. The molecule has 2 aromatic rings. The number of hydrogen-bond acceptors (Lipinski definition) is 2. The van der Waals surface area contributed by atoms with Crippen LogP contribution in [0.15, 0.2) is 18.2 Å². The minimum Gasteiger partial charge on any atom is -0.325 e. The number of fused-ring (bicyclic) bond motifs is 3. The van der Waals surface area contributed by atoms with Gasteiger partial charge in [0, 0.05) is 24.0 Å². The van der Waals surface area contributed by atoms with Gasteiger partial charge in [-0.15, -0.1) is 0 Å². The predicted octanol–water partition coefficient (Wildman–Crippen LogP) is 3.53. The van der Waals surface area contributed by atoms with Gasteiger partial charge in [0.2, 0.25) is 0 Å². The lowest BCUT2D eigenvalue weighted by molar-refractivity contribution is 0.455. The van der Waals surface area contributed by atoms with Crippen molar-refractivity contribution in [3.8, 4) is 0 Å². The Labute approximate surface area is 120 Å². The van der Waals surface area contributed by atoms with Crippen LogP contribution in [-0.2, 0) is 0 Å². The molecule has 0 radical (unpaired) electrons. The molecule has 2 aliphatic heterocycles. The van der Waals surface area contributed by atoms with Crippen molar-refractivity contribution in [3.05, 3.63) is 29.6 Å². The Hall–Kier alpha value is -1.35. The second kappa shape index (κ2) is 4.32. The van der Waals surface area contributed by atoms with Crippen LogP contribution in [0.1, 0.15) is 56.5 Å². The van der Waals surface area contributed by atoms with E-state index in [1.54, 1.807) is 0 Å². The predicted molar refractivity (Wildman–Crippen MR) is 82.2 cm³/mol. The van der Waals surface area contributed by atoms with Gasteiger partial charge in [-0.25, -0.2) is 4.98 Å². The van der Waals surface area contributed by atoms with Gasteiger partial charge < -0.3 is 9.88 Å². The molecule has 20 heavy (non-hydrogen) atoms. The van der Waals surface area contributed by atoms with Crippen molar-refractivity contribution in [2.45, 2.75) is 64.1 Å². The summed E-state index contributed by atoms with van der Waals surface area (Å²) in [5, 5.41) is 3.74. The Morgan fingerprint density at radius 2 is 2.15 bits per heavy atom. The van der Waals surface area contributed by atoms with E-state index in [-0.39, 0.29) is 0 Å². The summed E-state index contributed by atoms with van der Waals surface area (Å²) < 4.78 is 2.46. The van der Waals surface area contributed by atoms with Gasteiger partial charge in [0.15, 0.2) is 0 Å². The van der Waals surface area contributed by atoms with E-state index < -0.39 is 0 Å². The Kier molecular flexibility index (Phi) is 2.68. The zero-order valence-corrected chi connectivity index (χ0v) is 12.6. The molecule has 2 bridgehead atoms. The number of hydrogen-bond donors (Lipinski definition) is 1. The number of aryl methyl sites for hydroxylation is 1. The molecule has 0 spiro atoms. The van der Waals surface area contributed by atoms with Gasteiger partial charge in [0.25, 0.3) is 0 Å². The third-order valence-electron chi connectivity index (χ3n) is 5.02. The van der Waals surface area contributed by atoms with E-state index in [0.717, 1.165) is 11.6 Å². The topological polar surface area (TPSA) is 29.9 Å². The average Bonchev–Trinajstić information content (AvgIpc) is 3.09. The summed E-state index contributed by atoms with van der Waals surface area (Å²) in [6, 6.07) is 8.51. The van der Waals surface area contributed by atoms with Gasteiger partial charge in [0.05, 0.1) is 11.0 Å². The van der Waals surface area contributed by atoms with Gasteiger partial charge in [-0.2, -0.15) is 0 Å². The number of aromatic nitrogens is 2. The van der Waals surface area contributed by atoms with Crippen LogP contribution in [-0.4, -0.2) is 21.6 Å². The Bertz CT molecular complexity index is 656. The third kappa shape index (κ3) is 1.72. The third-order valence-corrected chi connectivity index (χ3v) is 5.02. The Morgan fingerprint density at radius 3 is 2.80 bits per heavy atom. The highest BCUT2D eigenvalue weighted by Gasteiger charge is 2.42. The molecule has 3 heteroatoms. The molecule has 2 fully saturated rings. The van der Waals surface area contributed by atoms with Gasteiger partial charge in [-0.3, -0.25) is 0 Å². The van der Waals surface area contributed by atoms with E-state index in [1.165, 1.54) is 36.2 Å². The largest absolute Gasteiger partial charge is 0.325 e. The Morgan fingerprint density at radius 1 is 1.30 bits per heavy atom. The molecule has 3 nitrogen and oxygen atoms in total. The summed E-state index contributed by atoms with van der Waals surface area (Å²) in [5.41, 5.74) is 3.75. The highest BCUT2D eigenvalue weighted by atomic mass is 15.1. The van der Waals surface area contributed by atoms with Crippen LogP contribution >= 0.6 is 0 Å². The lowest BCUT2D eigenvalue weighted by Gasteiger charge is -2.22. The van der Waals surface area contributed by atoms with Crippen molar-refractivity contribution in [2.75, 3.05) is 0 Å². The second-order valence-corrected chi connectivity index (χ2v) is 6.82. The van der Waals surface area contributed by atoms with Crippen molar-refractivity contribution in [3.63, 3.8) is 0 Å². The summed E-state index contributed by atoms with van der Waals surface area (Å²) in [5.74, 6) is 1.91. The average molecular weight is 269 g/mol. The van der Waals surface area contributed by atoms with E-state index in [2.05, 4.69) is 48.9 Å². The van der Waals surface area contributed by atoms with Gasteiger partial charge in [0.1, 0.15) is 5.82 Å². The molecule has 4 rings (SSSR count). The summed E-state index contributed by atoms with van der Waals surface area (Å²) >= 11 is 0. The first-order valence-electron chi connectivity index (χ1n) is 7.88. The molecule has 3 atom stereocenters. The maximum absolute atomic E-state index is 5.02. The molecule has 2 saturated heterocycles. The van der Waals surface area contributed by atoms with E-state index in [1.807, 2.05) is 0 Å². The first-order chi connectivity index (χ1) is 9.63. The summed E-state index contributed by atoms with van der Waals surface area (Å²) in [6.45, 7) is 6.68. The quantitative estimate of drug-likeness (QED) is 0.904. The first-order valence-corrected chi connectivity index (χ1v) is 7.88. The van der Waals surface area contributed by atoms with E-state index in [0.29, 0.717) is 18.0 Å². The summed E-state index contributed by atoms with van der Waals surface area (Å²) in [7, 11) is 0. The van der Waals surface area contributed by atoms with Gasteiger partial charge >= 0.3 is 0 Å². The number of nitrogens with zero attached hydrogens (tertiary/aromatic N) is 2. The molecule has 3 heterocycles. The molecular formula is C17H23N3. The fourth-order valence-electron chi connectivity index (χ4n) is 4.14. The molecule has 0 saturated carbocycles. The lowest BCUT2D eigenvalue weighted by Crippen LogP contribution is -2.24. The highest BCUT2D eigenvalue weighted by molar-refractivity contribution is 5.77. The zero-order chi connectivity index (χ0) is 13.9. The second-order valence-electron chi connectivity index (χ2n) is 6.82. The molecule has 1 aromatic heterocycles. The zero-order valence-electron chi connectivity index (χ0n) is 12.6. The fourth-order valence-corrected chi connectivity index (χ4v) is 4.14. The number of benzene rings is 1. The molecule has 1 aromatic carbocycles. The molecular weight excluding hydrogens is 246 g/mol. The van der Waals surface area contributed by atoms with Crippen LogP contribution in [0.25, 0.3) is 11.0 Å². The van der Waals surface area contributed by atoms with Crippen LogP contribution in [0.5, 0.6) is 0 Å². The van der Waals surface area contributed by atoms with E-state index in [4.69, 9.17) is 4.98 Å². The number of imidazole rings is 1. The maximum Gasteiger partial charge on any atom is 0.114 e. The van der Waals surface area contributed by atoms with Gasteiger partial charge in [-0.05, 0) is 57.7 Å². The number of rotatable bonds is 2. The van der Waals surface area contributed by atoms with E-state index in [9.17, 15) is 0 Å². The van der Waals surface area contributed by atoms with Crippen molar-refractivity contribution in [1.82, 2.24) is 14.9 Å². The molecule has 0 aliphatic carbocycles. The minimum absolute atomic E-state index is 0.469. The smallest absolute Gasteiger partial charge is 0.114 e. The first kappa shape index (κ1) is 12.4. The molecule has 2 aliphatic rings. The van der Waals surface area contributed by atoms with Crippen LogP contribution < -0.4 is 5.32 Å². The molecule has 106 valence electrons. The van der Waals surface area contributed by atoms with Crippen LogP contribution in [0.4, 0.5) is 0 Å².